The fourth-order valence-electron chi connectivity index (χ4n) is 3.35. The van der Waals surface area contributed by atoms with Gasteiger partial charge in [-0.1, -0.05) is 31.2 Å². The minimum absolute atomic E-state index is 0. The Kier molecular flexibility index (Phi) is 9.14. The Morgan fingerprint density at radius 2 is 2.07 bits per heavy atom. The van der Waals surface area contributed by atoms with Crippen LogP contribution in [0.2, 0.25) is 0 Å². The van der Waals surface area contributed by atoms with E-state index in [1.165, 1.54) is 11.1 Å². The van der Waals surface area contributed by atoms with Gasteiger partial charge in [0.05, 0.1) is 18.9 Å². The second kappa shape index (κ2) is 11.3. The number of aryl methyl sites for hydroxylation is 1. The fraction of sp³-hybridized carbons (Fsp3) is 0.476. The maximum absolute atomic E-state index is 9.53. The molecule has 1 heterocycles. The molecule has 0 saturated carbocycles. The zero-order valence-corrected chi connectivity index (χ0v) is 18.2. The first-order chi connectivity index (χ1) is 12.8. The van der Waals surface area contributed by atoms with Gasteiger partial charge in [0.25, 0.3) is 0 Å². The van der Waals surface area contributed by atoms with Crippen molar-refractivity contribution in [3.05, 3.63) is 59.5 Å². The molecule has 6 heteroatoms. The van der Waals surface area contributed by atoms with Crippen LogP contribution in [-0.4, -0.2) is 36.3 Å². The van der Waals surface area contributed by atoms with E-state index in [2.05, 4.69) is 41.8 Å². The van der Waals surface area contributed by atoms with Gasteiger partial charge in [-0.25, -0.2) is 0 Å². The van der Waals surface area contributed by atoms with Crippen molar-refractivity contribution in [2.75, 3.05) is 13.2 Å². The van der Waals surface area contributed by atoms with Gasteiger partial charge in [0.2, 0.25) is 0 Å². The van der Waals surface area contributed by atoms with Crippen molar-refractivity contribution in [2.24, 2.45) is 4.99 Å². The number of fused-ring (bicyclic) bond motifs is 1. The van der Waals surface area contributed by atoms with E-state index in [-0.39, 0.29) is 36.6 Å². The number of aliphatic hydroxyl groups excluding tert-OH is 1. The SMILES string of the molecule is CC[C@H](CO)NC(=NCCc1ccco1)NC1CCc2ccccc2C1.I. The highest BCUT2D eigenvalue weighted by Gasteiger charge is 2.20. The third kappa shape index (κ3) is 6.53. The van der Waals surface area contributed by atoms with Crippen molar-refractivity contribution in [1.82, 2.24) is 10.6 Å². The molecule has 2 atom stereocenters. The Morgan fingerprint density at radius 3 is 2.78 bits per heavy atom. The number of guanidine groups is 1. The third-order valence-corrected chi connectivity index (χ3v) is 4.95. The predicted octanol–water partition coefficient (Wildman–Crippen LogP) is 3.30. The minimum Gasteiger partial charge on any atom is -0.469 e. The van der Waals surface area contributed by atoms with E-state index in [1.807, 2.05) is 12.1 Å². The molecule has 1 aromatic heterocycles. The molecular formula is C21H30IN3O2. The van der Waals surface area contributed by atoms with E-state index in [0.29, 0.717) is 12.6 Å². The number of benzene rings is 1. The Bertz CT molecular complexity index is 699. The van der Waals surface area contributed by atoms with E-state index in [0.717, 1.165) is 43.8 Å². The molecule has 0 radical (unpaired) electrons. The maximum Gasteiger partial charge on any atom is 0.191 e. The van der Waals surface area contributed by atoms with Crippen LogP contribution < -0.4 is 10.6 Å². The van der Waals surface area contributed by atoms with Gasteiger partial charge < -0.3 is 20.2 Å². The van der Waals surface area contributed by atoms with Crippen molar-refractivity contribution in [3.8, 4) is 0 Å². The first-order valence-electron chi connectivity index (χ1n) is 9.56. The molecule has 1 aliphatic rings. The number of halogens is 1. The minimum atomic E-state index is 0. The molecule has 0 aliphatic heterocycles. The Balaban J connectivity index is 0.00000261. The topological polar surface area (TPSA) is 69.8 Å². The number of nitrogens with zero attached hydrogens (tertiary/aromatic N) is 1. The number of aliphatic hydroxyl groups is 1. The summed E-state index contributed by atoms with van der Waals surface area (Å²) in [6.45, 7) is 2.81. The van der Waals surface area contributed by atoms with Gasteiger partial charge in [-0.2, -0.15) is 0 Å². The highest BCUT2D eigenvalue weighted by atomic mass is 127. The maximum atomic E-state index is 9.53. The van der Waals surface area contributed by atoms with Gasteiger partial charge in [-0.15, -0.1) is 24.0 Å². The number of rotatable bonds is 7. The second-order valence-electron chi connectivity index (χ2n) is 6.84. The molecule has 148 valence electrons. The molecular weight excluding hydrogens is 453 g/mol. The smallest absolute Gasteiger partial charge is 0.191 e. The quantitative estimate of drug-likeness (QED) is 0.321. The highest BCUT2D eigenvalue weighted by molar-refractivity contribution is 14.0. The van der Waals surface area contributed by atoms with Gasteiger partial charge in [0, 0.05) is 19.0 Å². The van der Waals surface area contributed by atoms with Crippen LogP contribution in [0.3, 0.4) is 0 Å². The summed E-state index contributed by atoms with van der Waals surface area (Å²) < 4.78 is 5.38. The zero-order chi connectivity index (χ0) is 18.2. The van der Waals surface area contributed by atoms with E-state index in [9.17, 15) is 5.11 Å². The van der Waals surface area contributed by atoms with Crippen molar-refractivity contribution in [2.45, 2.75) is 51.1 Å². The molecule has 1 aliphatic carbocycles. The summed E-state index contributed by atoms with van der Waals surface area (Å²) in [6.07, 6.45) is 6.49. The van der Waals surface area contributed by atoms with E-state index in [1.54, 1.807) is 6.26 Å². The molecule has 0 bridgehead atoms. The molecule has 3 rings (SSSR count). The van der Waals surface area contributed by atoms with E-state index in [4.69, 9.17) is 9.41 Å². The normalized spacial score (nSPS) is 17.6. The summed E-state index contributed by atoms with van der Waals surface area (Å²) >= 11 is 0. The largest absolute Gasteiger partial charge is 0.469 e. The molecule has 0 amide bonds. The lowest BCUT2D eigenvalue weighted by Gasteiger charge is -2.28. The molecule has 0 saturated heterocycles. The van der Waals surface area contributed by atoms with Crippen LogP contribution in [0, 0.1) is 0 Å². The van der Waals surface area contributed by atoms with Crippen molar-refractivity contribution < 1.29 is 9.52 Å². The first-order valence-corrected chi connectivity index (χ1v) is 9.56. The Labute approximate surface area is 178 Å². The number of hydrogen-bond donors (Lipinski definition) is 3. The van der Waals surface area contributed by atoms with Gasteiger partial charge in [0.1, 0.15) is 5.76 Å². The molecule has 0 spiro atoms. The summed E-state index contributed by atoms with van der Waals surface area (Å²) in [5.74, 6) is 1.72. The van der Waals surface area contributed by atoms with E-state index >= 15 is 0 Å². The summed E-state index contributed by atoms with van der Waals surface area (Å²) in [7, 11) is 0. The lowest BCUT2D eigenvalue weighted by atomic mass is 9.88. The summed E-state index contributed by atoms with van der Waals surface area (Å²) in [5.41, 5.74) is 2.87. The van der Waals surface area contributed by atoms with Gasteiger partial charge in [-0.05, 0) is 48.9 Å². The number of aliphatic imine (C=N–C) groups is 1. The van der Waals surface area contributed by atoms with Crippen LogP contribution in [0.15, 0.2) is 52.1 Å². The van der Waals surface area contributed by atoms with Crippen LogP contribution in [0.25, 0.3) is 0 Å². The molecule has 1 unspecified atom stereocenters. The monoisotopic (exact) mass is 483 g/mol. The summed E-state index contributed by atoms with van der Waals surface area (Å²) in [4.78, 5) is 4.71. The fourth-order valence-corrected chi connectivity index (χ4v) is 3.35. The molecule has 3 N–H and O–H groups in total. The van der Waals surface area contributed by atoms with Crippen molar-refractivity contribution >= 4 is 29.9 Å². The zero-order valence-electron chi connectivity index (χ0n) is 15.9. The Hall–Kier alpha value is -1.54. The first kappa shape index (κ1) is 21.8. The number of furan rings is 1. The molecule has 27 heavy (non-hydrogen) atoms. The second-order valence-corrected chi connectivity index (χ2v) is 6.84. The van der Waals surface area contributed by atoms with Gasteiger partial charge in [-0.3, -0.25) is 4.99 Å². The van der Waals surface area contributed by atoms with Crippen LogP contribution in [0.4, 0.5) is 0 Å². The molecule has 1 aromatic carbocycles. The third-order valence-electron chi connectivity index (χ3n) is 4.95. The Morgan fingerprint density at radius 1 is 1.26 bits per heavy atom. The highest BCUT2D eigenvalue weighted by Crippen LogP contribution is 2.21. The van der Waals surface area contributed by atoms with Crippen molar-refractivity contribution in [1.29, 1.82) is 0 Å². The molecule has 0 fully saturated rings. The lowest BCUT2D eigenvalue weighted by molar-refractivity contribution is 0.251. The van der Waals surface area contributed by atoms with Gasteiger partial charge in [0.15, 0.2) is 5.96 Å². The van der Waals surface area contributed by atoms with E-state index < -0.39 is 0 Å². The van der Waals surface area contributed by atoms with Crippen LogP contribution in [0.1, 0.15) is 36.7 Å². The van der Waals surface area contributed by atoms with Gasteiger partial charge >= 0.3 is 0 Å². The summed E-state index contributed by atoms with van der Waals surface area (Å²) in [6, 6.07) is 12.9. The summed E-state index contributed by atoms with van der Waals surface area (Å²) in [5, 5.41) is 16.5. The molecule has 5 nitrogen and oxygen atoms in total. The number of nitrogens with one attached hydrogen (secondary N) is 2. The predicted molar refractivity (Wildman–Crippen MR) is 120 cm³/mol. The van der Waals surface area contributed by atoms with Crippen molar-refractivity contribution in [3.63, 3.8) is 0 Å². The lowest BCUT2D eigenvalue weighted by Crippen LogP contribution is -2.50. The average molecular weight is 483 g/mol. The average Bonchev–Trinajstić information content (AvgIpc) is 3.19. The number of hydrogen-bond acceptors (Lipinski definition) is 3. The standard InChI is InChI=1S/C21H29N3O2.HI/c1-2-18(15-25)23-21(22-12-11-20-8-5-13-26-20)24-19-10-9-16-6-3-4-7-17(16)14-19;/h3-8,13,18-19,25H,2,9-12,14-15H2,1H3,(H2,22,23,24);1H/t18-,19?;/m1./s1. The van der Waals surface area contributed by atoms with Crippen LogP contribution >= 0.6 is 24.0 Å². The van der Waals surface area contributed by atoms with Crippen LogP contribution in [-0.2, 0) is 19.3 Å². The molecule has 2 aromatic rings. The van der Waals surface area contributed by atoms with Crippen LogP contribution in [0.5, 0.6) is 0 Å².